The van der Waals surface area contributed by atoms with Gasteiger partial charge in [0.15, 0.2) is 5.16 Å². The second-order valence-corrected chi connectivity index (χ2v) is 7.85. The van der Waals surface area contributed by atoms with E-state index in [1.54, 1.807) is 27.0 Å². The maximum atomic E-state index is 13.0. The Morgan fingerprint density at radius 3 is 2.35 bits per heavy atom. The van der Waals surface area contributed by atoms with Crippen LogP contribution in [0.15, 0.2) is 40.4 Å². The van der Waals surface area contributed by atoms with Crippen LogP contribution in [0, 0.1) is 0 Å². The zero-order chi connectivity index (χ0) is 19.5. The number of thioether (sulfide) groups is 1. The maximum Gasteiger partial charge on any atom is 0.326 e. The molecule has 1 aromatic heterocycles. The summed E-state index contributed by atoms with van der Waals surface area (Å²) >= 11 is 1.32. The van der Waals surface area contributed by atoms with Crippen LogP contribution in [0.5, 0.6) is 0 Å². The molecule has 0 spiro atoms. The molecule has 6 nitrogen and oxygen atoms in total. The molecule has 7 heteroatoms. The normalized spacial score (nSPS) is 11.3. The van der Waals surface area contributed by atoms with Crippen LogP contribution in [-0.2, 0) is 16.1 Å². The van der Waals surface area contributed by atoms with Crippen LogP contribution in [0.25, 0.3) is 11.1 Å². The van der Waals surface area contributed by atoms with Crippen LogP contribution in [0.4, 0.5) is 5.69 Å². The minimum absolute atomic E-state index is 0.164. The van der Waals surface area contributed by atoms with E-state index in [9.17, 15) is 9.59 Å². The van der Waals surface area contributed by atoms with Crippen molar-refractivity contribution < 1.29 is 9.53 Å². The van der Waals surface area contributed by atoms with Gasteiger partial charge < -0.3 is 9.64 Å². The molecule has 140 valence electrons. The van der Waals surface area contributed by atoms with Gasteiger partial charge in [-0.15, -0.1) is 0 Å². The molecule has 1 aromatic carbocycles. The molecule has 0 aliphatic heterocycles. The predicted molar refractivity (Wildman–Crippen MR) is 106 cm³/mol. The average molecular weight is 375 g/mol. The minimum Gasteiger partial charge on any atom is -0.459 e. The molecule has 0 bridgehead atoms. The molecule has 0 unspecified atom stereocenters. The Morgan fingerprint density at radius 2 is 1.85 bits per heavy atom. The Morgan fingerprint density at radius 1 is 1.23 bits per heavy atom. The first-order valence-corrected chi connectivity index (χ1v) is 9.48. The second kappa shape index (κ2) is 7.95. The highest BCUT2D eigenvalue weighted by molar-refractivity contribution is 7.98. The van der Waals surface area contributed by atoms with Crippen molar-refractivity contribution in [2.24, 2.45) is 0 Å². The number of hydrogen-bond acceptors (Lipinski definition) is 6. The van der Waals surface area contributed by atoms with E-state index in [1.165, 1.54) is 16.3 Å². The largest absolute Gasteiger partial charge is 0.459 e. The monoisotopic (exact) mass is 375 g/mol. The fourth-order valence-electron chi connectivity index (χ4n) is 2.42. The quantitative estimate of drug-likeness (QED) is 0.455. The van der Waals surface area contributed by atoms with Crippen molar-refractivity contribution >= 4 is 23.4 Å². The molecule has 2 rings (SSSR count). The van der Waals surface area contributed by atoms with Crippen molar-refractivity contribution in [2.45, 2.75) is 38.1 Å². The summed E-state index contributed by atoms with van der Waals surface area (Å²) in [6, 6.07) is 7.64. The number of anilines is 1. The van der Waals surface area contributed by atoms with Gasteiger partial charge in [0.1, 0.15) is 12.1 Å². The predicted octanol–water partition coefficient (Wildman–Crippen LogP) is 3.04. The van der Waals surface area contributed by atoms with Crippen LogP contribution < -0.4 is 10.5 Å². The van der Waals surface area contributed by atoms with Crippen molar-refractivity contribution in [2.75, 3.05) is 25.3 Å². The molecule has 0 saturated heterocycles. The number of aromatic nitrogens is 2. The molecule has 0 radical (unpaired) electrons. The molecule has 0 fully saturated rings. The molecule has 0 N–H and O–H groups in total. The third-order valence-electron chi connectivity index (χ3n) is 3.60. The molecular weight excluding hydrogens is 350 g/mol. The van der Waals surface area contributed by atoms with Gasteiger partial charge >= 0.3 is 5.97 Å². The summed E-state index contributed by atoms with van der Waals surface area (Å²) in [4.78, 5) is 31.5. The highest BCUT2D eigenvalue weighted by Crippen LogP contribution is 2.21. The molecule has 0 atom stereocenters. The Bertz CT molecular complexity index is 837. The van der Waals surface area contributed by atoms with Gasteiger partial charge in [-0.2, -0.15) is 0 Å². The summed E-state index contributed by atoms with van der Waals surface area (Å²) in [5.41, 5.74) is 1.40. The van der Waals surface area contributed by atoms with Gasteiger partial charge in [0, 0.05) is 26.0 Å². The average Bonchev–Trinajstić information content (AvgIpc) is 2.55. The van der Waals surface area contributed by atoms with Gasteiger partial charge in [0.2, 0.25) is 0 Å². The lowest BCUT2D eigenvalue weighted by Gasteiger charge is -2.20. The van der Waals surface area contributed by atoms with Crippen LogP contribution in [-0.4, -0.2) is 41.5 Å². The van der Waals surface area contributed by atoms with E-state index in [0.29, 0.717) is 10.7 Å². The molecule has 2 aromatic rings. The minimum atomic E-state index is -0.604. The molecule has 26 heavy (non-hydrogen) atoms. The summed E-state index contributed by atoms with van der Waals surface area (Å²) in [5.74, 6) is -0.461. The number of nitrogens with zero attached hydrogens (tertiary/aromatic N) is 3. The van der Waals surface area contributed by atoms with Crippen LogP contribution in [0.3, 0.4) is 0 Å². The van der Waals surface area contributed by atoms with Gasteiger partial charge in [-0.1, -0.05) is 23.9 Å². The molecule has 0 saturated carbocycles. The van der Waals surface area contributed by atoms with E-state index >= 15 is 0 Å². The smallest absolute Gasteiger partial charge is 0.326 e. The summed E-state index contributed by atoms with van der Waals surface area (Å²) in [5, 5.41) is 0.481. The number of hydrogen-bond donors (Lipinski definition) is 0. The molecule has 0 amide bonds. The van der Waals surface area contributed by atoms with Gasteiger partial charge in [0.05, 0.1) is 5.56 Å². The number of carbonyl (C=O) groups is 1. The lowest BCUT2D eigenvalue weighted by atomic mass is 10.1. The Kier molecular flexibility index (Phi) is 6.13. The van der Waals surface area contributed by atoms with Crippen molar-refractivity contribution in [3.8, 4) is 11.1 Å². The standard InChI is InChI=1S/C19H25N3O3S/c1-19(2,3)25-16(23)12-22-17(24)15(11-20-18(22)26-6)13-7-9-14(10-8-13)21(4)5/h7-11H,12H2,1-6H3. The van der Waals surface area contributed by atoms with Crippen LogP contribution >= 0.6 is 11.8 Å². The number of benzene rings is 1. The molecule has 0 aliphatic carbocycles. The highest BCUT2D eigenvalue weighted by atomic mass is 32.2. The summed E-state index contributed by atoms with van der Waals surface area (Å²) in [6.07, 6.45) is 3.38. The van der Waals surface area contributed by atoms with Crippen molar-refractivity contribution in [3.63, 3.8) is 0 Å². The van der Waals surface area contributed by atoms with E-state index in [1.807, 2.05) is 49.5 Å². The molecule has 0 aliphatic rings. The third kappa shape index (κ3) is 4.88. The summed E-state index contributed by atoms with van der Waals surface area (Å²) in [6.45, 7) is 5.22. The zero-order valence-corrected chi connectivity index (χ0v) is 16.9. The first-order valence-electron chi connectivity index (χ1n) is 8.26. The SMILES string of the molecule is CSc1ncc(-c2ccc(N(C)C)cc2)c(=O)n1CC(=O)OC(C)(C)C. The Hall–Kier alpha value is -2.28. The van der Waals surface area contributed by atoms with Gasteiger partial charge in [-0.25, -0.2) is 4.98 Å². The van der Waals surface area contributed by atoms with Gasteiger partial charge in [-0.05, 0) is 44.7 Å². The number of carbonyl (C=O) groups excluding carboxylic acids is 1. The molecule has 1 heterocycles. The van der Waals surface area contributed by atoms with E-state index in [2.05, 4.69) is 4.98 Å². The number of ether oxygens (including phenoxy) is 1. The lowest BCUT2D eigenvalue weighted by molar-refractivity contribution is -0.155. The zero-order valence-electron chi connectivity index (χ0n) is 16.1. The Labute approximate surface area is 158 Å². The molecular formula is C19H25N3O3S. The third-order valence-corrected chi connectivity index (χ3v) is 4.29. The first-order chi connectivity index (χ1) is 12.1. The highest BCUT2D eigenvalue weighted by Gasteiger charge is 2.20. The fraction of sp³-hybridized carbons (Fsp3) is 0.421. The van der Waals surface area contributed by atoms with E-state index in [4.69, 9.17) is 4.74 Å². The van der Waals surface area contributed by atoms with Crippen LogP contribution in [0.2, 0.25) is 0 Å². The second-order valence-electron chi connectivity index (χ2n) is 7.08. The topological polar surface area (TPSA) is 64.4 Å². The Balaban J connectivity index is 2.41. The fourth-order valence-corrected chi connectivity index (χ4v) is 2.95. The van der Waals surface area contributed by atoms with Crippen LogP contribution in [0.1, 0.15) is 20.8 Å². The maximum absolute atomic E-state index is 13.0. The van der Waals surface area contributed by atoms with Gasteiger partial charge in [-0.3, -0.25) is 14.2 Å². The van der Waals surface area contributed by atoms with E-state index < -0.39 is 11.6 Å². The van der Waals surface area contributed by atoms with Gasteiger partial charge in [0.25, 0.3) is 5.56 Å². The number of rotatable bonds is 5. The summed E-state index contributed by atoms with van der Waals surface area (Å²) < 4.78 is 6.71. The number of esters is 1. The van der Waals surface area contributed by atoms with Crippen molar-refractivity contribution in [3.05, 3.63) is 40.8 Å². The van der Waals surface area contributed by atoms with Crippen molar-refractivity contribution in [1.29, 1.82) is 0 Å². The van der Waals surface area contributed by atoms with E-state index in [0.717, 1.165) is 11.3 Å². The lowest BCUT2D eigenvalue weighted by Crippen LogP contribution is -2.32. The van der Waals surface area contributed by atoms with E-state index in [-0.39, 0.29) is 12.1 Å². The summed E-state index contributed by atoms with van der Waals surface area (Å²) in [7, 11) is 3.91. The van der Waals surface area contributed by atoms with Crippen molar-refractivity contribution in [1.82, 2.24) is 9.55 Å². The first kappa shape index (κ1) is 20.0.